The summed E-state index contributed by atoms with van der Waals surface area (Å²) in [5.74, 6) is -0.928. The van der Waals surface area contributed by atoms with Gasteiger partial charge in [-0.15, -0.1) is 0 Å². The van der Waals surface area contributed by atoms with Crippen LogP contribution < -0.4 is 0 Å². The Morgan fingerprint density at radius 1 is 0.349 bits per heavy atom. The average molecular weight is 877 g/mol. The van der Waals surface area contributed by atoms with Gasteiger partial charge in [-0.1, -0.05) is 241 Å². The van der Waals surface area contributed by atoms with E-state index >= 15 is 0 Å². The third-order valence-electron chi connectivity index (χ3n) is 11.0. The summed E-state index contributed by atoms with van der Waals surface area (Å²) in [6.45, 7) is 6.41. The smallest absolute Gasteiger partial charge is 0.306 e. The molecule has 0 saturated carbocycles. The number of rotatable bonds is 46. The van der Waals surface area contributed by atoms with Gasteiger partial charge in [-0.25, -0.2) is 0 Å². The van der Waals surface area contributed by atoms with Gasteiger partial charge < -0.3 is 14.2 Å². The Bertz CT molecular complexity index is 1240. The van der Waals surface area contributed by atoms with E-state index in [9.17, 15) is 14.4 Å². The van der Waals surface area contributed by atoms with Crippen LogP contribution in [0.4, 0.5) is 0 Å². The molecule has 1 unspecified atom stereocenters. The minimum atomic E-state index is -0.791. The van der Waals surface area contributed by atoms with Crippen LogP contribution in [0, 0.1) is 0 Å². The zero-order valence-electron chi connectivity index (χ0n) is 41.1. The lowest BCUT2D eigenvalue weighted by atomic mass is 10.0. The molecule has 0 aliphatic carbocycles. The first-order valence-electron chi connectivity index (χ1n) is 26.2. The molecule has 0 amide bonds. The van der Waals surface area contributed by atoms with E-state index in [0.717, 1.165) is 116 Å². The molecule has 0 rings (SSSR count). The molecule has 360 valence electrons. The highest BCUT2D eigenvalue weighted by molar-refractivity contribution is 5.71. The average Bonchev–Trinajstić information content (AvgIpc) is 3.28. The second kappa shape index (κ2) is 51.2. The lowest BCUT2D eigenvalue weighted by molar-refractivity contribution is -0.167. The Balaban J connectivity index is 4.44. The van der Waals surface area contributed by atoms with Gasteiger partial charge in [-0.3, -0.25) is 14.4 Å². The molecule has 0 aliphatic rings. The zero-order valence-corrected chi connectivity index (χ0v) is 41.1. The molecule has 0 aromatic heterocycles. The van der Waals surface area contributed by atoms with Crippen molar-refractivity contribution in [1.29, 1.82) is 0 Å². The minimum Gasteiger partial charge on any atom is -0.462 e. The topological polar surface area (TPSA) is 78.9 Å². The lowest BCUT2D eigenvalue weighted by Gasteiger charge is -2.18. The molecule has 0 heterocycles. The Hall–Kier alpha value is -3.41. The van der Waals surface area contributed by atoms with Crippen LogP contribution in [0.1, 0.15) is 239 Å². The number of esters is 3. The highest BCUT2D eigenvalue weighted by Gasteiger charge is 2.19. The maximum Gasteiger partial charge on any atom is 0.306 e. The van der Waals surface area contributed by atoms with E-state index in [4.69, 9.17) is 14.2 Å². The fourth-order valence-electron chi connectivity index (χ4n) is 7.10. The van der Waals surface area contributed by atoms with E-state index in [1.54, 1.807) is 0 Å². The van der Waals surface area contributed by atoms with Crippen molar-refractivity contribution in [3.63, 3.8) is 0 Å². The van der Waals surface area contributed by atoms with Crippen LogP contribution in [0.2, 0.25) is 0 Å². The Kier molecular flexibility index (Phi) is 48.5. The normalized spacial score (nSPS) is 12.7. The summed E-state index contributed by atoms with van der Waals surface area (Å²) in [6.07, 6.45) is 65.6. The second-order valence-electron chi connectivity index (χ2n) is 17.2. The lowest BCUT2D eigenvalue weighted by Crippen LogP contribution is -2.30. The summed E-state index contributed by atoms with van der Waals surface area (Å²) in [6, 6.07) is 0. The van der Waals surface area contributed by atoms with Gasteiger partial charge in [-0.2, -0.15) is 0 Å². The zero-order chi connectivity index (χ0) is 45.8. The second-order valence-corrected chi connectivity index (χ2v) is 17.2. The van der Waals surface area contributed by atoms with E-state index in [-0.39, 0.29) is 31.1 Å². The molecule has 0 fully saturated rings. The summed E-state index contributed by atoms with van der Waals surface area (Å²) in [4.78, 5) is 38.0. The van der Waals surface area contributed by atoms with Crippen LogP contribution in [0.5, 0.6) is 0 Å². The monoisotopic (exact) mass is 877 g/mol. The molecule has 0 radical (unpaired) electrons. The third-order valence-corrected chi connectivity index (χ3v) is 11.0. The summed E-state index contributed by atoms with van der Waals surface area (Å²) in [7, 11) is 0. The molecular weight excluding hydrogens is 781 g/mol. The van der Waals surface area contributed by atoms with E-state index < -0.39 is 6.10 Å². The maximum atomic E-state index is 12.8. The predicted molar refractivity (Wildman–Crippen MR) is 270 cm³/mol. The number of unbranched alkanes of at least 4 members (excludes halogenated alkanes) is 25. The molecule has 0 aromatic carbocycles. The highest BCUT2D eigenvalue weighted by atomic mass is 16.6. The van der Waals surface area contributed by atoms with E-state index in [2.05, 4.69) is 81.5 Å². The number of carbonyl (C=O) groups is 3. The van der Waals surface area contributed by atoms with Crippen molar-refractivity contribution in [3.8, 4) is 0 Å². The molecule has 0 bridgehead atoms. The van der Waals surface area contributed by atoms with Crippen LogP contribution in [0.25, 0.3) is 0 Å². The quantitative estimate of drug-likeness (QED) is 0.0199. The molecule has 0 saturated heterocycles. The van der Waals surface area contributed by atoms with Crippen molar-refractivity contribution < 1.29 is 28.6 Å². The third kappa shape index (κ3) is 49.5. The minimum absolute atomic E-state index is 0.0915. The molecule has 6 nitrogen and oxygen atoms in total. The molecule has 1 atom stereocenters. The van der Waals surface area contributed by atoms with Crippen LogP contribution in [-0.2, 0) is 28.6 Å². The largest absolute Gasteiger partial charge is 0.462 e. The number of ether oxygens (including phenoxy) is 3. The van der Waals surface area contributed by atoms with Gasteiger partial charge in [0.2, 0.25) is 0 Å². The van der Waals surface area contributed by atoms with E-state index in [1.807, 2.05) is 24.3 Å². The maximum absolute atomic E-state index is 12.8. The van der Waals surface area contributed by atoms with Gasteiger partial charge in [0.15, 0.2) is 6.10 Å². The number of hydrogen-bond acceptors (Lipinski definition) is 6. The Morgan fingerprint density at radius 3 is 1.16 bits per heavy atom. The van der Waals surface area contributed by atoms with E-state index in [1.165, 1.54) is 83.5 Å². The summed E-state index contributed by atoms with van der Waals surface area (Å²) in [5, 5.41) is 0. The van der Waals surface area contributed by atoms with Gasteiger partial charge in [-0.05, 0) is 64.2 Å². The summed E-state index contributed by atoms with van der Waals surface area (Å²) in [5.41, 5.74) is 0. The Morgan fingerprint density at radius 2 is 0.714 bits per heavy atom. The number of carbonyl (C=O) groups excluding carboxylic acids is 3. The predicted octanol–water partition coefficient (Wildman–Crippen LogP) is 17.2. The molecule has 0 aliphatic heterocycles. The standard InChI is InChI=1S/C57H96O6/c1-4-7-10-13-16-19-22-25-27-28-29-31-32-35-38-41-44-47-50-56(59)62-53-54(52-61-55(58)49-46-43-40-37-34-24-21-18-15-12-9-6-3)63-57(60)51-48-45-42-39-36-33-30-26-23-20-17-14-11-8-5-2/h9-10,12-13,16,18-19,21-22,25,27-29,31,54H,4-8,11,14-15,17,20,23-24,26,30,32-53H2,1-3H3/b12-9-,13-10-,19-16-,21-18-,25-22-,28-27-,31-29-. The van der Waals surface area contributed by atoms with Crippen molar-refractivity contribution >= 4 is 17.9 Å². The van der Waals surface area contributed by atoms with Gasteiger partial charge >= 0.3 is 17.9 Å². The molecule has 0 N–H and O–H groups in total. The Labute approximate surface area is 388 Å². The summed E-state index contributed by atoms with van der Waals surface area (Å²) < 4.78 is 16.8. The molecular formula is C57H96O6. The van der Waals surface area contributed by atoms with Gasteiger partial charge in [0.1, 0.15) is 13.2 Å². The number of allylic oxidation sites excluding steroid dienone is 14. The SMILES string of the molecule is CC/C=C\C/C=C\CCCCCCCC(=O)OCC(COC(=O)CCCCCCC\C=C/C=C\C=C/C=C\C=C/CCC)OC(=O)CCCCCCCCCCCCCCCCC. The highest BCUT2D eigenvalue weighted by Crippen LogP contribution is 2.15. The van der Waals surface area contributed by atoms with Gasteiger partial charge in [0.05, 0.1) is 0 Å². The molecule has 63 heavy (non-hydrogen) atoms. The molecule has 0 spiro atoms. The molecule has 0 aromatic rings. The fourth-order valence-corrected chi connectivity index (χ4v) is 7.10. The van der Waals surface area contributed by atoms with Crippen LogP contribution in [0.15, 0.2) is 85.1 Å². The van der Waals surface area contributed by atoms with Gasteiger partial charge in [0, 0.05) is 19.3 Å². The van der Waals surface area contributed by atoms with Crippen LogP contribution >= 0.6 is 0 Å². The van der Waals surface area contributed by atoms with E-state index in [0.29, 0.717) is 19.3 Å². The van der Waals surface area contributed by atoms with Crippen molar-refractivity contribution in [2.75, 3.05) is 13.2 Å². The van der Waals surface area contributed by atoms with Crippen molar-refractivity contribution in [2.24, 2.45) is 0 Å². The first kappa shape index (κ1) is 59.6. The van der Waals surface area contributed by atoms with Crippen molar-refractivity contribution in [1.82, 2.24) is 0 Å². The van der Waals surface area contributed by atoms with Crippen LogP contribution in [0.3, 0.4) is 0 Å². The summed E-state index contributed by atoms with van der Waals surface area (Å²) >= 11 is 0. The van der Waals surface area contributed by atoms with Crippen molar-refractivity contribution in [2.45, 2.75) is 245 Å². The van der Waals surface area contributed by atoms with Crippen molar-refractivity contribution in [3.05, 3.63) is 85.1 Å². The first-order valence-corrected chi connectivity index (χ1v) is 26.2. The fraction of sp³-hybridized carbons (Fsp3) is 0.702. The van der Waals surface area contributed by atoms with Crippen LogP contribution in [-0.4, -0.2) is 37.2 Å². The molecule has 6 heteroatoms. The first-order chi connectivity index (χ1) is 31.0. The van der Waals surface area contributed by atoms with Gasteiger partial charge in [0.25, 0.3) is 0 Å². The number of hydrogen-bond donors (Lipinski definition) is 0.